The van der Waals surface area contributed by atoms with Gasteiger partial charge in [0, 0.05) is 18.7 Å². The van der Waals surface area contributed by atoms with Crippen LogP contribution in [0.2, 0.25) is 5.02 Å². The average Bonchev–Trinajstić information content (AvgIpc) is 2.87. The van der Waals surface area contributed by atoms with Crippen LogP contribution in [0.25, 0.3) is 5.69 Å². The Labute approximate surface area is 127 Å². The summed E-state index contributed by atoms with van der Waals surface area (Å²) in [5.74, 6) is 0. The minimum atomic E-state index is -0.502. The zero-order chi connectivity index (χ0) is 15.6. The van der Waals surface area contributed by atoms with E-state index in [1.54, 1.807) is 17.8 Å². The van der Waals surface area contributed by atoms with Crippen molar-refractivity contribution in [1.29, 1.82) is 0 Å². The van der Waals surface area contributed by atoms with E-state index >= 15 is 0 Å². The summed E-state index contributed by atoms with van der Waals surface area (Å²) in [6.45, 7) is 6.47. The zero-order valence-corrected chi connectivity index (χ0v) is 12.8. The lowest BCUT2D eigenvalue weighted by atomic mass is 10.2. The number of nitro groups is 1. The molecule has 1 N–H and O–H groups in total. The lowest BCUT2D eigenvalue weighted by molar-refractivity contribution is -0.384. The van der Waals surface area contributed by atoms with E-state index in [0.717, 1.165) is 5.69 Å². The first-order valence-electron chi connectivity index (χ1n) is 6.48. The van der Waals surface area contributed by atoms with Gasteiger partial charge in [0.15, 0.2) is 0 Å². The van der Waals surface area contributed by atoms with Crippen LogP contribution in [0.1, 0.15) is 25.1 Å². The van der Waals surface area contributed by atoms with E-state index in [0.29, 0.717) is 23.8 Å². The van der Waals surface area contributed by atoms with Crippen LogP contribution in [-0.2, 0) is 6.54 Å². The number of aryl methyl sites for hydroxylation is 1. The van der Waals surface area contributed by atoms with Gasteiger partial charge in [0.2, 0.25) is 0 Å². The van der Waals surface area contributed by atoms with Gasteiger partial charge in [-0.15, -0.1) is 5.10 Å². The van der Waals surface area contributed by atoms with Crippen molar-refractivity contribution in [2.75, 3.05) is 0 Å². The lowest BCUT2D eigenvalue weighted by Crippen LogP contribution is -2.21. The maximum atomic E-state index is 10.9. The van der Waals surface area contributed by atoms with Gasteiger partial charge in [-0.3, -0.25) is 10.1 Å². The van der Waals surface area contributed by atoms with Gasteiger partial charge in [0.05, 0.1) is 22.5 Å². The Balaban J connectivity index is 2.30. The molecule has 0 radical (unpaired) electrons. The van der Waals surface area contributed by atoms with Crippen LogP contribution in [0.3, 0.4) is 0 Å². The van der Waals surface area contributed by atoms with Gasteiger partial charge < -0.3 is 5.32 Å². The average molecular weight is 310 g/mol. The molecule has 1 aromatic carbocycles. The van der Waals surface area contributed by atoms with Gasteiger partial charge in [-0.1, -0.05) is 30.7 Å². The molecule has 1 heterocycles. The van der Waals surface area contributed by atoms with Crippen LogP contribution < -0.4 is 5.32 Å². The largest absolute Gasteiger partial charge is 0.309 e. The highest BCUT2D eigenvalue weighted by atomic mass is 35.5. The molecular weight excluding hydrogens is 294 g/mol. The predicted molar refractivity (Wildman–Crippen MR) is 79.7 cm³/mol. The Morgan fingerprint density at radius 1 is 1.48 bits per heavy atom. The third-order valence-electron chi connectivity index (χ3n) is 2.94. The van der Waals surface area contributed by atoms with Gasteiger partial charge >= 0.3 is 0 Å². The first-order chi connectivity index (χ1) is 9.88. The number of nitro benzene ring substituents is 1. The van der Waals surface area contributed by atoms with Crippen LogP contribution in [0.4, 0.5) is 5.69 Å². The molecule has 0 amide bonds. The van der Waals surface area contributed by atoms with E-state index < -0.39 is 4.92 Å². The van der Waals surface area contributed by atoms with Gasteiger partial charge in [0.1, 0.15) is 5.02 Å². The summed E-state index contributed by atoms with van der Waals surface area (Å²) in [4.78, 5) is 10.4. The molecule has 7 nitrogen and oxygen atoms in total. The molecule has 0 aliphatic heterocycles. The molecule has 2 aromatic rings. The lowest BCUT2D eigenvalue weighted by Gasteiger charge is -2.06. The second-order valence-corrected chi connectivity index (χ2v) is 5.44. The quantitative estimate of drug-likeness (QED) is 0.678. The number of rotatable bonds is 5. The van der Waals surface area contributed by atoms with Crippen molar-refractivity contribution in [3.8, 4) is 5.69 Å². The number of halogens is 1. The van der Waals surface area contributed by atoms with Crippen molar-refractivity contribution in [2.24, 2.45) is 0 Å². The van der Waals surface area contributed by atoms with Crippen molar-refractivity contribution >= 4 is 17.3 Å². The van der Waals surface area contributed by atoms with Gasteiger partial charge in [-0.05, 0) is 18.6 Å². The third kappa shape index (κ3) is 3.56. The maximum Gasteiger partial charge on any atom is 0.288 e. The first-order valence-corrected chi connectivity index (χ1v) is 6.85. The molecule has 21 heavy (non-hydrogen) atoms. The molecule has 0 fully saturated rings. The van der Waals surface area contributed by atoms with Crippen LogP contribution in [0, 0.1) is 17.0 Å². The Morgan fingerprint density at radius 3 is 2.81 bits per heavy atom. The Bertz CT molecular complexity index is 669. The number of hydrogen-bond acceptors (Lipinski definition) is 5. The molecule has 1 aromatic heterocycles. The molecule has 0 saturated carbocycles. The topological polar surface area (TPSA) is 85.9 Å². The molecule has 0 saturated heterocycles. The summed E-state index contributed by atoms with van der Waals surface area (Å²) in [6, 6.07) is 3.32. The maximum absolute atomic E-state index is 10.9. The molecule has 0 unspecified atom stereocenters. The summed E-state index contributed by atoms with van der Waals surface area (Å²) in [5, 5.41) is 22.3. The second kappa shape index (κ2) is 6.19. The van der Waals surface area contributed by atoms with Gasteiger partial charge in [-0.2, -0.15) is 0 Å². The molecule has 8 heteroatoms. The fourth-order valence-corrected chi connectivity index (χ4v) is 2.08. The monoisotopic (exact) mass is 309 g/mol. The highest BCUT2D eigenvalue weighted by molar-refractivity contribution is 6.32. The minimum absolute atomic E-state index is 0.0814. The molecule has 2 rings (SSSR count). The number of nitrogens with zero attached hydrogens (tertiary/aromatic N) is 4. The second-order valence-electron chi connectivity index (χ2n) is 5.04. The van der Waals surface area contributed by atoms with Crippen molar-refractivity contribution in [3.05, 3.63) is 44.7 Å². The van der Waals surface area contributed by atoms with E-state index in [4.69, 9.17) is 11.6 Å². The molecular formula is C13H16ClN5O2. The first kappa shape index (κ1) is 15.4. The van der Waals surface area contributed by atoms with Crippen molar-refractivity contribution < 1.29 is 4.92 Å². The van der Waals surface area contributed by atoms with Crippen molar-refractivity contribution in [3.63, 3.8) is 0 Å². The minimum Gasteiger partial charge on any atom is -0.309 e. The highest BCUT2D eigenvalue weighted by Gasteiger charge is 2.16. The Morgan fingerprint density at radius 2 is 2.19 bits per heavy atom. The SMILES string of the molecule is Cc1cc([N+](=O)[O-])c(Cl)cc1-n1cc(CNC(C)C)nn1. The van der Waals surface area contributed by atoms with E-state index in [1.165, 1.54) is 12.1 Å². The summed E-state index contributed by atoms with van der Waals surface area (Å²) in [7, 11) is 0. The van der Waals surface area contributed by atoms with E-state index in [2.05, 4.69) is 15.6 Å². The molecule has 112 valence electrons. The summed E-state index contributed by atoms with van der Waals surface area (Å²) in [5.41, 5.74) is 2.06. The summed E-state index contributed by atoms with van der Waals surface area (Å²) in [6.07, 6.45) is 1.78. The molecule has 0 atom stereocenters. The van der Waals surface area contributed by atoms with Crippen LogP contribution in [-0.4, -0.2) is 26.0 Å². The number of aromatic nitrogens is 3. The van der Waals surface area contributed by atoms with Gasteiger partial charge in [0.25, 0.3) is 5.69 Å². The van der Waals surface area contributed by atoms with E-state index in [9.17, 15) is 10.1 Å². The molecule has 0 aliphatic carbocycles. The van der Waals surface area contributed by atoms with Crippen molar-refractivity contribution in [2.45, 2.75) is 33.4 Å². The predicted octanol–water partition coefficient (Wildman–Crippen LogP) is 2.64. The van der Waals surface area contributed by atoms with E-state index in [-0.39, 0.29) is 10.7 Å². The Kier molecular flexibility index (Phi) is 4.54. The normalized spacial score (nSPS) is 11.1. The Hall–Kier alpha value is -1.99. The standard InChI is InChI=1S/C13H16ClN5O2/c1-8(2)15-6-10-7-18(17-16-10)12-5-11(14)13(19(20)21)4-9(12)3/h4-5,7-8,15H,6H2,1-3H3. The molecule has 0 bridgehead atoms. The number of nitrogens with one attached hydrogen (secondary N) is 1. The molecule has 0 aliphatic rings. The fraction of sp³-hybridized carbons (Fsp3) is 0.385. The number of hydrogen-bond donors (Lipinski definition) is 1. The zero-order valence-electron chi connectivity index (χ0n) is 12.0. The van der Waals surface area contributed by atoms with Crippen molar-refractivity contribution in [1.82, 2.24) is 20.3 Å². The highest BCUT2D eigenvalue weighted by Crippen LogP contribution is 2.29. The smallest absolute Gasteiger partial charge is 0.288 e. The summed E-state index contributed by atoms with van der Waals surface area (Å²) < 4.78 is 1.57. The number of benzene rings is 1. The van der Waals surface area contributed by atoms with Crippen LogP contribution in [0.5, 0.6) is 0 Å². The third-order valence-corrected chi connectivity index (χ3v) is 3.24. The molecule has 0 spiro atoms. The van der Waals surface area contributed by atoms with E-state index in [1.807, 2.05) is 13.8 Å². The van der Waals surface area contributed by atoms with Crippen LogP contribution >= 0.6 is 11.6 Å². The fourth-order valence-electron chi connectivity index (χ4n) is 1.85. The summed E-state index contributed by atoms with van der Waals surface area (Å²) >= 11 is 5.94. The van der Waals surface area contributed by atoms with Gasteiger partial charge in [-0.25, -0.2) is 4.68 Å². The van der Waals surface area contributed by atoms with Crippen LogP contribution in [0.15, 0.2) is 18.3 Å².